The van der Waals surface area contributed by atoms with Crippen molar-refractivity contribution in [2.75, 3.05) is 6.54 Å². The van der Waals surface area contributed by atoms with E-state index in [1.807, 2.05) is 13.8 Å². The molecule has 0 radical (unpaired) electrons. The number of alkyl halides is 3. The Kier molecular flexibility index (Phi) is 6.33. The number of hydrogen-bond acceptors (Lipinski definition) is 3. The van der Waals surface area contributed by atoms with Crippen LogP contribution in [0.2, 0.25) is 5.02 Å². The van der Waals surface area contributed by atoms with Gasteiger partial charge in [-0.1, -0.05) is 11.6 Å². The molecular weight excluding hydrogens is 475 g/mol. The second-order valence-electron chi connectivity index (χ2n) is 7.29. The number of carbonyl (C=O) groups excluding carboxylic acids is 1. The van der Waals surface area contributed by atoms with Gasteiger partial charge in [0.2, 0.25) is 5.91 Å². The highest BCUT2D eigenvalue weighted by molar-refractivity contribution is 9.10. The fourth-order valence-electron chi connectivity index (χ4n) is 3.22. The normalized spacial score (nSPS) is 15.6. The number of nitrogens with zero attached hydrogens (tertiary/aromatic N) is 4. The summed E-state index contributed by atoms with van der Waals surface area (Å²) in [7, 11) is 0. The van der Waals surface area contributed by atoms with Gasteiger partial charge in [0.1, 0.15) is 6.04 Å². The summed E-state index contributed by atoms with van der Waals surface area (Å²) in [5, 5.41) is 11.4. The first kappa shape index (κ1) is 22.1. The van der Waals surface area contributed by atoms with Crippen molar-refractivity contribution in [1.29, 1.82) is 0 Å². The zero-order chi connectivity index (χ0) is 21.5. The Bertz CT molecular complexity index is 920. The van der Waals surface area contributed by atoms with Crippen molar-refractivity contribution in [1.82, 2.24) is 24.9 Å². The van der Waals surface area contributed by atoms with Gasteiger partial charge in [-0.15, -0.1) is 0 Å². The summed E-state index contributed by atoms with van der Waals surface area (Å²) in [6.45, 7) is 6.20. The smallest absolute Gasteiger partial charge is 0.354 e. The van der Waals surface area contributed by atoms with Crippen LogP contribution >= 0.6 is 27.5 Å². The quantitative estimate of drug-likeness (QED) is 0.561. The molecule has 29 heavy (non-hydrogen) atoms. The number of amides is 1. The number of rotatable bonds is 7. The van der Waals surface area contributed by atoms with E-state index in [0.717, 1.165) is 24.2 Å². The Morgan fingerprint density at radius 2 is 2.00 bits per heavy atom. The zero-order valence-electron chi connectivity index (χ0n) is 16.3. The molecule has 1 unspecified atom stereocenters. The summed E-state index contributed by atoms with van der Waals surface area (Å²) in [5.74, 6) is -0.374. The maximum Gasteiger partial charge on any atom is 0.436 e. The van der Waals surface area contributed by atoms with Crippen LogP contribution in [0.4, 0.5) is 13.2 Å². The second-order valence-corrected chi connectivity index (χ2v) is 8.46. The van der Waals surface area contributed by atoms with E-state index in [9.17, 15) is 18.0 Å². The van der Waals surface area contributed by atoms with Crippen LogP contribution in [0.15, 0.2) is 4.47 Å². The van der Waals surface area contributed by atoms with Crippen molar-refractivity contribution >= 4 is 33.4 Å². The van der Waals surface area contributed by atoms with Gasteiger partial charge in [-0.3, -0.25) is 14.2 Å². The van der Waals surface area contributed by atoms with E-state index in [-0.39, 0.29) is 16.3 Å². The molecule has 0 bridgehead atoms. The maximum absolute atomic E-state index is 13.2. The predicted molar refractivity (Wildman–Crippen MR) is 106 cm³/mol. The molecule has 2 aromatic rings. The summed E-state index contributed by atoms with van der Waals surface area (Å²) in [5.41, 5.74) is 1.07. The summed E-state index contributed by atoms with van der Waals surface area (Å²) in [4.78, 5) is 12.5. The Labute approximate surface area is 179 Å². The summed E-state index contributed by atoms with van der Waals surface area (Å²) in [6.07, 6.45) is -2.38. The fraction of sp³-hybridized carbons (Fsp3) is 0.611. The molecule has 0 aromatic carbocycles. The number of aromatic nitrogens is 4. The first-order valence-electron chi connectivity index (χ1n) is 9.34. The fourth-order valence-corrected chi connectivity index (χ4v) is 4.16. The van der Waals surface area contributed by atoms with Gasteiger partial charge >= 0.3 is 6.18 Å². The van der Waals surface area contributed by atoms with E-state index in [2.05, 4.69) is 31.4 Å². The average Bonchev–Trinajstić information content (AvgIpc) is 3.37. The number of nitrogens with one attached hydrogen (secondary N) is 1. The monoisotopic (exact) mass is 495 g/mol. The van der Waals surface area contributed by atoms with Gasteiger partial charge in [-0.2, -0.15) is 23.4 Å². The van der Waals surface area contributed by atoms with E-state index < -0.39 is 17.9 Å². The largest absolute Gasteiger partial charge is 0.436 e. The Hall–Kier alpha value is -1.55. The molecule has 1 aliphatic carbocycles. The van der Waals surface area contributed by atoms with Gasteiger partial charge in [0.25, 0.3) is 0 Å². The first-order chi connectivity index (χ1) is 13.5. The minimum atomic E-state index is -4.58. The average molecular weight is 497 g/mol. The standard InChI is InChI=1S/C18H22BrClF3N5O/c1-9-14(20)10(2)27(25-9)8-4-7-24-17(29)11(3)28-15(12-5-6-12)13(19)16(26-28)18(21,22)23/h11-12H,4-8H2,1-3H3,(H,24,29). The van der Waals surface area contributed by atoms with Crippen molar-refractivity contribution in [2.45, 2.75) is 64.7 Å². The minimum absolute atomic E-state index is 0.000922. The molecule has 2 heterocycles. The lowest BCUT2D eigenvalue weighted by Crippen LogP contribution is -2.33. The number of hydrogen-bond donors (Lipinski definition) is 1. The molecule has 0 aliphatic heterocycles. The molecule has 1 amide bonds. The van der Waals surface area contributed by atoms with E-state index in [1.165, 1.54) is 4.68 Å². The molecule has 6 nitrogen and oxygen atoms in total. The molecule has 1 fully saturated rings. The van der Waals surface area contributed by atoms with Gasteiger partial charge < -0.3 is 5.32 Å². The molecule has 1 saturated carbocycles. The SMILES string of the molecule is Cc1nn(CCCNC(=O)C(C)n2nc(C(F)(F)F)c(Br)c2C2CC2)c(C)c1Cl. The molecule has 1 atom stereocenters. The summed E-state index contributed by atoms with van der Waals surface area (Å²) in [6, 6.07) is -0.846. The molecule has 0 saturated heterocycles. The molecule has 2 aromatic heterocycles. The van der Waals surface area contributed by atoms with Crippen molar-refractivity contribution in [3.05, 3.63) is 32.3 Å². The Balaban J connectivity index is 1.63. The van der Waals surface area contributed by atoms with E-state index in [0.29, 0.717) is 30.2 Å². The third-order valence-electron chi connectivity index (χ3n) is 5.01. The lowest BCUT2D eigenvalue weighted by molar-refractivity contribution is -0.142. The van der Waals surface area contributed by atoms with E-state index in [4.69, 9.17) is 11.6 Å². The van der Waals surface area contributed by atoms with Crippen LogP contribution in [0.25, 0.3) is 0 Å². The van der Waals surface area contributed by atoms with Crippen molar-refractivity contribution in [2.24, 2.45) is 0 Å². The van der Waals surface area contributed by atoms with Gasteiger partial charge in [-0.05, 0) is 56.0 Å². The van der Waals surface area contributed by atoms with Gasteiger partial charge in [0.05, 0.1) is 26.6 Å². The minimum Gasteiger partial charge on any atom is -0.354 e. The van der Waals surface area contributed by atoms with Crippen LogP contribution in [0.3, 0.4) is 0 Å². The van der Waals surface area contributed by atoms with Crippen LogP contribution in [-0.2, 0) is 17.5 Å². The highest BCUT2D eigenvalue weighted by Gasteiger charge is 2.42. The highest BCUT2D eigenvalue weighted by atomic mass is 79.9. The molecule has 3 rings (SSSR count). The van der Waals surface area contributed by atoms with Crippen LogP contribution in [-0.4, -0.2) is 32.0 Å². The summed E-state index contributed by atoms with van der Waals surface area (Å²) >= 11 is 9.16. The van der Waals surface area contributed by atoms with Gasteiger partial charge in [-0.25, -0.2) is 0 Å². The summed E-state index contributed by atoms with van der Waals surface area (Å²) < 4.78 is 42.6. The van der Waals surface area contributed by atoms with Crippen molar-refractivity contribution in [3.8, 4) is 0 Å². The van der Waals surface area contributed by atoms with Crippen LogP contribution < -0.4 is 5.32 Å². The Morgan fingerprint density at radius 1 is 1.34 bits per heavy atom. The maximum atomic E-state index is 13.2. The van der Waals surface area contributed by atoms with Crippen LogP contribution in [0, 0.1) is 13.8 Å². The lowest BCUT2D eigenvalue weighted by atomic mass is 10.2. The molecule has 160 valence electrons. The van der Waals surface area contributed by atoms with E-state index in [1.54, 1.807) is 11.6 Å². The number of aryl methyl sites for hydroxylation is 2. The first-order valence-corrected chi connectivity index (χ1v) is 10.5. The second kappa shape index (κ2) is 8.29. The van der Waals surface area contributed by atoms with Crippen molar-refractivity contribution < 1.29 is 18.0 Å². The van der Waals surface area contributed by atoms with Crippen LogP contribution in [0.1, 0.15) is 60.9 Å². The predicted octanol–water partition coefficient (Wildman–Crippen LogP) is 4.78. The molecule has 11 heteroatoms. The van der Waals surface area contributed by atoms with E-state index >= 15 is 0 Å². The molecule has 0 spiro atoms. The van der Waals surface area contributed by atoms with Crippen LogP contribution in [0.5, 0.6) is 0 Å². The highest BCUT2D eigenvalue weighted by Crippen LogP contribution is 2.47. The number of carbonyl (C=O) groups is 1. The zero-order valence-corrected chi connectivity index (χ0v) is 18.6. The van der Waals surface area contributed by atoms with Gasteiger partial charge in [0, 0.05) is 19.0 Å². The van der Waals surface area contributed by atoms with Crippen molar-refractivity contribution in [3.63, 3.8) is 0 Å². The third-order valence-corrected chi connectivity index (χ3v) is 6.33. The molecule has 1 aliphatic rings. The topological polar surface area (TPSA) is 64.7 Å². The molecule has 1 N–H and O–H groups in total. The third kappa shape index (κ3) is 4.63. The molecular formula is C18H22BrClF3N5O. The lowest BCUT2D eigenvalue weighted by Gasteiger charge is -2.16. The Morgan fingerprint density at radius 3 is 2.52 bits per heavy atom. The van der Waals surface area contributed by atoms with Gasteiger partial charge in [0.15, 0.2) is 5.69 Å². The number of halogens is 5.